The van der Waals surface area contributed by atoms with Gasteiger partial charge in [0.25, 0.3) is 0 Å². The van der Waals surface area contributed by atoms with Crippen molar-refractivity contribution in [1.82, 2.24) is 4.90 Å². The van der Waals surface area contributed by atoms with Crippen LogP contribution in [0.4, 0.5) is 0 Å². The van der Waals surface area contributed by atoms with Crippen molar-refractivity contribution in [3.63, 3.8) is 0 Å². The van der Waals surface area contributed by atoms with Crippen LogP contribution >= 0.6 is 0 Å². The van der Waals surface area contributed by atoms with Crippen molar-refractivity contribution in [1.29, 1.82) is 0 Å². The zero-order valence-corrected chi connectivity index (χ0v) is 15.3. The molecule has 0 spiro atoms. The third-order valence-corrected chi connectivity index (χ3v) is 5.35. The molecule has 1 aliphatic heterocycles. The summed E-state index contributed by atoms with van der Waals surface area (Å²) in [5.74, 6) is 3.19. The van der Waals surface area contributed by atoms with Crippen LogP contribution in [0.1, 0.15) is 64.5 Å². The average molecular weight is 302 g/mol. The lowest BCUT2D eigenvalue weighted by Crippen LogP contribution is -2.38. The minimum absolute atomic E-state index is 0.630. The number of hydrogen-bond donors (Lipinski definition) is 0. The fourth-order valence-corrected chi connectivity index (χ4v) is 3.79. The second-order valence-electron chi connectivity index (χ2n) is 8.09. The van der Waals surface area contributed by atoms with Crippen LogP contribution in [-0.4, -0.2) is 24.5 Å². The van der Waals surface area contributed by atoms with E-state index >= 15 is 0 Å². The molecule has 1 aliphatic rings. The van der Waals surface area contributed by atoms with Crippen LogP contribution in [-0.2, 0) is 6.42 Å². The molecule has 0 aliphatic carbocycles. The van der Waals surface area contributed by atoms with Gasteiger partial charge in [-0.2, -0.15) is 0 Å². The highest BCUT2D eigenvalue weighted by Crippen LogP contribution is 2.25. The highest BCUT2D eigenvalue weighted by molar-refractivity contribution is 5.26. The second-order valence-corrected chi connectivity index (χ2v) is 8.09. The molecule has 0 bridgehead atoms. The molecule has 124 valence electrons. The Morgan fingerprint density at radius 3 is 2.32 bits per heavy atom. The topological polar surface area (TPSA) is 3.24 Å². The van der Waals surface area contributed by atoms with Gasteiger partial charge in [-0.3, -0.25) is 0 Å². The smallest absolute Gasteiger partial charge is 0.00102 e. The van der Waals surface area contributed by atoms with Gasteiger partial charge in [-0.25, -0.2) is 0 Å². The van der Waals surface area contributed by atoms with Gasteiger partial charge in [0.15, 0.2) is 0 Å². The lowest BCUT2D eigenvalue weighted by molar-refractivity contribution is 0.142. The second kappa shape index (κ2) is 8.15. The van der Waals surface area contributed by atoms with Gasteiger partial charge < -0.3 is 4.90 Å². The molecule has 1 atom stereocenters. The summed E-state index contributed by atoms with van der Waals surface area (Å²) < 4.78 is 0. The van der Waals surface area contributed by atoms with Gasteiger partial charge in [0.05, 0.1) is 0 Å². The molecule has 22 heavy (non-hydrogen) atoms. The van der Waals surface area contributed by atoms with Gasteiger partial charge in [0.1, 0.15) is 0 Å². The third-order valence-electron chi connectivity index (χ3n) is 5.35. The van der Waals surface area contributed by atoms with Gasteiger partial charge in [-0.1, -0.05) is 58.9 Å². The predicted molar refractivity (Wildman–Crippen MR) is 97.4 cm³/mol. The van der Waals surface area contributed by atoms with E-state index in [4.69, 9.17) is 0 Å². The molecule has 1 saturated heterocycles. The molecule has 1 aromatic rings. The first-order valence-corrected chi connectivity index (χ1v) is 9.27. The molecule has 1 unspecified atom stereocenters. The Morgan fingerprint density at radius 2 is 1.73 bits per heavy atom. The molecule has 2 rings (SSSR count). The number of rotatable bonds is 6. The summed E-state index contributed by atoms with van der Waals surface area (Å²) >= 11 is 0. The fraction of sp³-hybridized carbons (Fsp3) is 0.714. The maximum atomic E-state index is 2.69. The molecule has 0 amide bonds. The average Bonchev–Trinajstić information content (AvgIpc) is 2.47. The lowest BCUT2D eigenvalue weighted by atomic mass is 9.86. The highest BCUT2D eigenvalue weighted by Gasteiger charge is 2.22. The summed E-state index contributed by atoms with van der Waals surface area (Å²) in [5.41, 5.74) is 2.98. The van der Waals surface area contributed by atoms with Crippen LogP contribution in [0, 0.1) is 17.8 Å². The van der Waals surface area contributed by atoms with E-state index in [9.17, 15) is 0 Å². The molecule has 1 fully saturated rings. The molecule has 1 heterocycles. The Kier molecular flexibility index (Phi) is 6.50. The van der Waals surface area contributed by atoms with E-state index in [1.54, 1.807) is 0 Å². The summed E-state index contributed by atoms with van der Waals surface area (Å²) in [7, 11) is 0. The molecule has 0 N–H and O–H groups in total. The van der Waals surface area contributed by atoms with Gasteiger partial charge >= 0.3 is 0 Å². The standard InChI is InChI=1S/C21H35N/c1-16(2)20-9-11-22(12-10-20)15-18(5)13-19-7-6-8-21(14-19)17(3)4/h6-8,14,16-18,20H,9-13,15H2,1-5H3. The maximum absolute atomic E-state index is 2.69. The number of hydrogen-bond acceptors (Lipinski definition) is 1. The minimum atomic E-state index is 0.630. The van der Waals surface area contributed by atoms with Crippen molar-refractivity contribution in [3.8, 4) is 0 Å². The first-order valence-electron chi connectivity index (χ1n) is 9.27. The predicted octanol–water partition coefficient (Wildman–Crippen LogP) is 5.36. The molecule has 0 radical (unpaired) electrons. The summed E-state index contributed by atoms with van der Waals surface area (Å²) in [6.07, 6.45) is 4.01. The number of likely N-dealkylation sites (tertiary alicyclic amines) is 1. The number of nitrogens with zero attached hydrogens (tertiary/aromatic N) is 1. The molecule has 0 aromatic heterocycles. The Balaban J connectivity index is 1.81. The van der Waals surface area contributed by atoms with E-state index in [2.05, 4.69) is 63.8 Å². The molecular weight excluding hydrogens is 266 g/mol. The number of piperidine rings is 1. The zero-order chi connectivity index (χ0) is 16.1. The first kappa shape index (κ1) is 17.5. The molecule has 1 heteroatoms. The van der Waals surface area contributed by atoms with Crippen molar-refractivity contribution in [3.05, 3.63) is 35.4 Å². The zero-order valence-electron chi connectivity index (χ0n) is 15.3. The van der Waals surface area contributed by atoms with E-state index < -0.39 is 0 Å². The van der Waals surface area contributed by atoms with Gasteiger partial charge in [-0.15, -0.1) is 0 Å². The Bertz CT molecular complexity index is 441. The van der Waals surface area contributed by atoms with Crippen molar-refractivity contribution in [2.75, 3.05) is 19.6 Å². The fourth-order valence-electron chi connectivity index (χ4n) is 3.79. The quantitative estimate of drug-likeness (QED) is 0.684. The van der Waals surface area contributed by atoms with Crippen molar-refractivity contribution in [2.24, 2.45) is 17.8 Å². The van der Waals surface area contributed by atoms with Crippen LogP contribution in [0.15, 0.2) is 24.3 Å². The first-order chi connectivity index (χ1) is 10.5. The maximum Gasteiger partial charge on any atom is 0.00102 e. The van der Waals surface area contributed by atoms with Crippen LogP contribution < -0.4 is 0 Å². The van der Waals surface area contributed by atoms with Gasteiger partial charge in [0.2, 0.25) is 0 Å². The van der Waals surface area contributed by atoms with Crippen molar-refractivity contribution < 1.29 is 0 Å². The van der Waals surface area contributed by atoms with Gasteiger partial charge in [0, 0.05) is 6.54 Å². The van der Waals surface area contributed by atoms with Crippen molar-refractivity contribution >= 4 is 0 Å². The van der Waals surface area contributed by atoms with Crippen LogP contribution in [0.3, 0.4) is 0 Å². The van der Waals surface area contributed by atoms with E-state index in [0.717, 1.165) is 17.8 Å². The van der Waals surface area contributed by atoms with Crippen LogP contribution in [0.2, 0.25) is 0 Å². The Labute approximate surface area is 138 Å². The molecule has 1 nitrogen and oxygen atoms in total. The van der Waals surface area contributed by atoms with E-state index in [1.807, 2.05) is 0 Å². The van der Waals surface area contributed by atoms with E-state index in [0.29, 0.717) is 5.92 Å². The number of benzene rings is 1. The van der Waals surface area contributed by atoms with E-state index in [1.165, 1.54) is 50.0 Å². The Hall–Kier alpha value is -0.820. The Morgan fingerprint density at radius 1 is 1.05 bits per heavy atom. The summed E-state index contributed by atoms with van der Waals surface area (Å²) in [5, 5.41) is 0. The van der Waals surface area contributed by atoms with Crippen LogP contribution in [0.25, 0.3) is 0 Å². The van der Waals surface area contributed by atoms with Crippen molar-refractivity contribution in [2.45, 2.75) is 59.8 Å². The van der Waals surface area contributed by atoms with E-state index in [-0.39, 0.29) is 0 Å². The highest BCUT2D eigenvalue weighted by atomic mass is 15.1. The summed E-state index contributed by atoms with van der Waals surface area (Å²) in [4.78, 5) is 2.69. The third kappa shape index (κ3) is 5.12. The molecule has 1 aromatic carbocycles. The monoisotopic (exact) mass is 301 g/mol. The summed E-state index contributed by atoms with van der Waals surface area (Å²) in [6, 6.07) is 9.20. The summed E-state index contributed by atoms with van der Waals surface area (Å²) in [6.45, 7) is 15.6. The normalized spacial score (nSPS) is 19.0. The largest absolute Gasteiger partial charge is 0.303 e. The molecule has 0 saturated carbocycles. The molecular formula is C21H35N. The lowest BCUT2D eigenvalue weighted by Gasteiger charge is -2.35. The SMILES string of the molecule is CC(Cc1cccc(C(C)C)c1)CN1CCC(C(C)C)CC1. The minimum Gasteiger partial charge on any atom is -0.303 e. The van der Waals surface area contributed by atoms with Gasteiger partial charge in [-0.05, 0) is 67.2 Å². The van der Waals surface area contributed by atoms with Crippen LogP contribution in [0.5, 0.6) is 0 Å².